The SMILES string of the molecule is COc1ccccc1S(=O)(=O)Nc1ccc(CC(C)C(=O)O)cc1. The average Bonchev–Trinajstić information content (AvgIpc) is 2.56. The van der Waals surface area contributed by atoms with E-state index in [1.54, 1.807) is 49.4 Å². The van der Waals surface area contributed by atoms with E-state index in [0.717, 1.165) is 5.56 Å². The minimum Gasteiger partial charge on any atom is -0.495 e. The summed E-state index contributed by atoms with van der Waals surface area (Å²) in [5.74, 6) is -1.10. The standard InChI is InChI=1S/C17H19NO5S/c1-12(17(19)20)11-13-7-9-14(10-8-13)18-24(21,22)16-6-4-3-5-15(16)23-2/h3-10,12,18H,11H2,1-2H3,(H,19,20). The largest absolute Gasteiger partial charge is 0.495 e. The van der Waals surface area contributed by atoms with E-state index in [-0.39, 0.29) is 10.6 Å². The van der Waals surface area contributed by atoms with Gasteiger partial charge in [-0.2, -0.15) is 0 Å². The molecule has 0 saturated carbocycles. The third-order valence-electron chi connectivity index (χ3n) is 3.53. The molecule has 0 saturated heterocycles. The van der Waals surface area contributed by atoms with Crippen molar-refractivity contribution in [2.45, 2.75) is 18.2 Å². The van der Waals surface area contributed by atoms with E-state index in [2.05, 4.69) is 4.72 Å². The Morgan fingerprint density at radius 3 is 2.38 bits per heavy atom. The molecule has 0 heterocycles. The van der Waals surface area contributed by atoms with E-state index >= 15 is 0 Å². The average molecular weight is 349 g/mol. The van der Waals surface area contributed by atoms with Gasteiger partial charge in [-0.3, -0.25) is 9.52 Å². The van der Waals surface area contributed by atoms with Gasteiger partial charge in [0.15, 0.2) is 0 Å². The number of aliphatic carboxylic acids is 1. The molecule has 2 aromatic carbocycles. The van der Waals surface area contributed by atoms with Gasteiger partial charge in [-0.15, -0.1) is 0 Å². The first kappa shape index (κ1) is 17.8. The van der Waals surface area contributed by atoms with Crippen molar-refractivity contribution in [1.29, 1.82) is 0 Å². The number of methoxy groups -OCH3 is 1. The van der Waals surface area contributed by atoms with Crippen LogP contribution in [-0.4, -0.2) is 26.6 Å². The van der Waals surface area contributed by atoms with Crippen LogP contribution in [0.15, 0.2) is 53.4 Å². The van der Waals surface area contributed by atoms with Crippen LogP contribution >= 0.6 is 0 Å². The van der Waals surface area contributed by atoms with Crippen LogP contribution in [0.4, 0.5) is 5.69 Å². The molecular formula is C17H19NO5S. The Bertz CT molecular complexity index is 815. The third-order valence-corrected chi connectivity index (χ3v) is 4.95. The van der Waals surface area contributed by atoms with E-state index in [0.29, 0.717) is 12.1 Å². The van der Waals surface area contributed by atoms with Crippen LogP contribution in [0.5, 0.6) is 5.75 Å². The van der Waals surface area contributed by atoms with Crippen LogP contribution in [-0.2, 0) is 21.2 Å². The lowest BCUT2D eigenvalue weighted by atomic mass is 10.0. The second kappa shape index (κ2) is 7.35. The summed E-state index contributed by atoms with van der Waals surface area (Å²) >= 11 is 0. The summed E-state index contributed by atoms with van der Waals surface area (Å²) in [4.78, 5) is 10.9. The van der Waals surface area contributed by atoms with Gasteiger partial charge in [0.1, 0.15) is 10.6 Å². The molecule has 0 spiro atoms. The molecule has 1 unspecified atom stereocenters. The summed E-state index contributed by atoms with van der Waals surface area (Å²) < 4.78 is 32.5. The lowest BCUT2D eigenvalue weighted by Gasteiger charge is -2.12. The van der Waals surface area contributed by atoms with Crippen molar-refractivity contribution in [3.05, 3.63) is 54.1 Å². The number of ether oxygens (including phenoxy) is 1. The molecule has 0 aliphatic rings. The number of sulfonamides is 1. The Balaban J connectivity index is 2.17. The molecule has 2 rings (SSSR count). The summed E-state index contributed by atoms with van der Waals surface area (Å²) in [6.07, 6.45) is 0.384. The molecule has 6 nitrogen and oxygen atoms in total. The van der Waals surface area contributed by atoms with E-state index < -0.39 is 21.9 Å². The second-order valence-electron chi connectivity index (χ2n) is 5.40. The van der Waals surface area contributed by atoms with Gasteiger partial charge in [-0.05, 0) is 36.2 Å². The normalized spacial score (nSPS) is 12.4. The summed E-state index contributed by atoms with van der Waals surface area (Å²) in [6, 6.07) is 13.0. The predicted octanol–water partition coefficient (Wildman–Crippen LogP) is 2.76. The number of nitrogens with one attached hydrogen (secondary N) is 1. The first-order valence-corrected chi connectivity index (χ1v) is 8.79. The highest BCUT2D eigenvalue weighted by molar-refractivity contribution is 7.92. The molecule has 1 atom stereocenters. The van der Waals surface area contributed by atoms with Crippen molar-refractivity contribution < 1.29 is 23.1 Å². The lowest BCUT2D eigenvalue weighted by Crippen LogP contribution is -2.14. The highest BCUT2D eigenvalue weighted by Crippen LogP contribution is 2.25. The van der Waals surface area contributed by atoms with Crippen molar-refractivity contribution >= 4 is 21.7 Å². The zero-order valence-corrected chi connectivity index (χ0v) is 14.2. The molecule has 128 valence electrons. The zero-order chi connectivity index (χ0) is 17.7. The molecule has 0 radical (unpaired) electrons. The number of rotatable bonds is 7. The quantitative estimate of drug-likeness (QED) is 0.802. The van der Waals surface area contributed by atoms with Gasteiger partial charge < -0.3 is 9.84 Å². The molecule has 24 heavy (non-hydrogen) atoms. The van der Waals surface area contributed by atoms with Gasteiger partial charge in [-0.1, -0.05) is 31.2 Å². The van der Waals surface area contributed by atoms with Crippen molar-refractivity contribution in [2.75, 3.05) is 11.8 Å². The molecular weight excluding hydrogens is 330 g/mol. The first-order valence-electron chi connectivity index (χ1n) is 7.31. The maximum Gasteiger partial charge on any atom is 0.306 e. The van der Waals surface area contributed by atoms with Crippen LogP contribution in [0, 0.1) is 5.92 Å². The van der Waals surface area contributed by atoms with Gasteiger partial charge in [0.25, 0.3) is 10.0 Å². The number of hydrogen-bond acceptors (Lipinski definition) is 4. The Hall–Kier alpha value is -2.54. The first-order chi connectivity index (χ1) is 11.3. The molecule has 0 aromatic heterocycles. The van der Waals surface area contributed by atoms with Crippen molar-refractivity contribution in [2.24, 2.45) is 5.92 Å². The Morgan fingerprint density at radius 2 is 1.79 bits per heavy atom. The van der Waals surface area contributed by atoms with Crippen molar-refractivity contribution in [3.8, 4) is 5.75 Å². The van der Waals surface area contributed by atoms with Crippen LogP contribution in [0.25, 0.3) is 0 Å². The minimum absolute atomic E-state index is 0.0519. The fraction of sp³-hybridized carbons (Fsp3) is 0.235. The summed E-state index contributed by atoms with van der Waals surface area (Å²) in [6.45, 7) is 1.63. The maximum atomic E-state index is 12.5. The highest BCUT2D eigenvalue weighted by atomic mass is 32.2. The van der Waals surface area contributed by atoms with Gasteiger partial charge in [0.05, 0.1) is 13.0 Å². The van der Waals surface area contributed by atoms with Gasteiger partial charge in [0.2, 0.25) is 0 Å². The molecule has 0 aliphatic heterocycles. The fourth-order valence-corrected chi connectivity index (χ4v) is 3.43. The summed E-state index contributed by atoms with van der Waals surface area (Å²) in [5, 5.41) is 8.92. The Labute approximate surface area is 141 Å². The number of benzene rings is 2. The lowest BCUT2D eigenvalue weighted by molar-refractivity contribution is -0.141. The van der Waals surface area contributed by atoms with E-state index in [4.69, 9.17) is 9.84 Å². The topological polar surface area (TPSA) is 92.7 Å². The van der Waals surface area contributed by atoms with Gasteiger partial charge in [0, 0.05) is 5.69 Å². The number of anilines is 1. The predicted molar refractivity (Wildman–Crippen MR) is 90.7 cm³/mol. The molecule has 0 bridgehead atoms. The number of carbonyl (C=O) groups is 1. The maximum absolute atomic E-state index is 12.5. The van der Waals surface area contributed by atoms with Crippen LogP contribution < -0.4 is 9.46 Å². The second-order valence-corrected chi connectivity index (χ2v) is 7.05. The highest BCUT2D eigenvalue weighted by Gasteiger charge is 2.19. The van der Waals surface area contributed by atoms with E-state index in [1.165, 1.54) is 13.2 Å². The third kappa shape index (κ3) is 4.26. The zero-order valence-electron chi connectivity index (χ0n) is 13.4. The molecule has 0 aliphatic carbocycles. The molecule has 2 N–H and O–H groups in total. The van der Waals surface area contributed by atoms with Crippen LogP contribution in [0.3, 0.4) is 0 Å². The van der Waals surface area contributed by atoms with Crippen molar-refractivity contribution in [1.82, 2.24) is 0 Å². The molecule has 0 fully saturated rings. The van der Waals surface area contributed by atoms with Crippen LogP contribution in [0.2, 0.25) is 0 Å². The minimum atomic E-state index is -3.77. The Kier molecular flexibility index (Phi) is 5.46. The number of carboxylic acid groups (broad SMARTS) is 1. The monoisotopic (exact) mass is 349 g/mol. The fourth-order valence-electron chi connectivity index (χ4n) is 2.20. The van der Waals surface area contributed by atoms with Crippen LogP contribution in [0.1, 0.15) is 12.5 Å². The number of para-hydroxylation sites is 1. The molecule has 0 amide bonds. The smallest absolute Gasteiger partial charge is 0.306 e. The van der Waals surface area contributed by atoms with E-state index in [9.17, 15) is 13.2 Å². The van der Waals surface area contributed by atoms with Gasteiger partial charge in [-0.25, -0.2) is 8.42 Å². The number of hydrogen-bond donors (Lipinski definition) is 2. The van der Waals surface area contributed by atoms with Crippen molar-refractivity contribution in [3.63, 3.8) is 0 Å². The summed E-state index contributed by atoms with van der Waals surface area (Å²) in [7, 11) is -2.37. The van der Waals surface area contributed by atoms with Gasteiger partial charge >= 0.3 is 5.97 Å². The summed E-state index contributed by atoms with van der Waals surface area (Å²) in [5.41, 5.74) is 1.22. The molecule has 2 aromatic rings. The Morgan fingerprint density at radius 1 is 1.17 bits per heavy atom. The van der Waals surface area contributed by atoms with E-state index in [1.807, 2.05) is 0 Å². The molecule has 7 heteroatoms. The number of carboxylic acids is 1.